The normalized spacial score (nSPS) is 10.0. The van der Waals surface area contributed by atoms with E-state index in [9.17, 15) is 4.79 Å². The molecule has 19 heavy (non-hydrogen) atoms. The molecule has 2 aromatic rings. The fourth-order valence-electron chi connectivity index (χ4n) is 1.50. The molecule has 2 heterocycles. The third-order valence-electron chi connectivity index (χ3n) is 2.46. The summed E-state index contributed by atoms with van der Waals surface area (Å²) in [5.41, 5.74) is 1.63. The number of aromatic nitrogens is 1. The fourth-order valence-corrected chi connectivity index (χ4v) is 2.08. The Morgan fingerprint density at radius 3 is 2.89 bits per heavy atom. The van der Waals surface area contributed by atoms with Gasteiger partial charge in [0.1, 0.15) is 5.82 Å². The van der Waals surface area contributed by atoms with Crippen molar-refractivity contribution in [3.8, 4) is 0 Å². The van der Waals surface area contributed by atoms with Gasteiger partial charge < -0.3 is 15.5 Å². The van der Waals surface area contributed by atoms with E-state index in [1.54, 1.807) is 11.3 Å². The third-order valence-corrected chi connectivity index (χ3v) is 3.14. The molecule has 0 aliphatic rings. The van der Waals surface area contributed by atoms with Gasteiger partial charge in [-0.1, -0.05) is 6.07 Å². The summed E-state index contributed by atoms with van der Waals surface area (Å²) in [5.74, 6) is 0.873. The summed E-state index contributed by atoms with van der Waals surface area (Å²) in [5, 5.41) is 9.32. The van der Waals surface area contributed by atoms with E-state index in [-0.39, 0.29) is 6.03 Å². The quantitative estimate of drug-likeness (QED) is 0.902. The molecule has 0 fully saturated rings. The Hall–Kier alpha value is -2.08. The molecule has 0 saturated heterocycles. The minimum atomic E-state index is -0.226. The molecule has 0 aromatic carbocycles. The Morgan fingerprint density at radius 1 is 1.37 bits per heavy atom. The first kappa shape index (κ1) is 13.4. The Morgan fingerprint density at radius 2 is 2.21 bits per heavy atom. The maximum absolute atomic E-state index is 11.6. The number of carbonyl (C=O) groups is 1. The highest BCUT2D eigenvalue weighted by molar-refractivity contribution is 7.08. The Balaban J connectivity index is 1.88. The van der Waals surface area contributed by atoms with Crippen LogP contribution in [0.3, 0.4) is 0 Å². The van der Waals surface area contributed by atoms with Crippen molar-refractivity contribution in [1.29, 1.82) is 0 Å². The number of hydrogen-bond acceptors (Lipinski definition) is 4. The van der Waals surface area contributed by atoms with E-state index in [1.165, 1.54) is 0 Å². The van der Waals surface area contributed by atoms with Gasteiger partial charge in [0.25, 0.3) is 0 Å². The maximum Gasteiger partial charge on any atom is 0.319 e. The molecule has 0 aliphatic heterocycles. The van der Waals surface area contributed by atoms with Crippen LogP contribution >= 0.6 is 11.3 Å². The van der Waals surface area contributed by atoms with Crippen LogP contribution in [0, 0.1) is 0 Å². The van der Waals surface area contributed by atoms with E-state index < -0.39 is 0 Å². The van der Waals surface area contributed by atoms with Gasteiger partial charge in [0.2, 0.25) is 0 Å². The van der Waals surface area contributed by atoms with E-state index in [4.69, 9.17) is 0 Å². The predicted octanol–water partition coefficient (Wildman–Crippen LogP) is 2.53. The smallest absolute Gasteiger partial charge is 0.319 e. The van der Waals surface area contributed by atoms with Gasteiger partial charge in [-0.2, -0.15) is 11.3 Å². The zero-order valence-corrected chi connectivity index (χ0v) is 11.7. The molecule has 0 radical (unpaired) electrons. The molecule has 0 bridgehead atoms. The van der Waals surface area contributed by atoms with Crippen molar-refractivity contribution in [3.05, 3.63) is 40.7 Å². The monoisotopic (exact) mass is 276 g/mol. The zero-order chi connectivity index (χ0) is 13.7. The first-order valence-electron chi connectivity index (χ1n) is 5.85. The van der Waals surface area contributed by atoms with Crippen LogP contribution in [0.1, 0.15) is 5.69 Å². The van der Waals surface area contributed by atoms with Crippen LogP contribution in [0.4, 0.5) is 16.3 Å². The predicted molar refractivity (Wildman–Crippen MR) is 78.7 cm³/mol. The Kier molecular flexibility index (Phi) is 4.35. The molecule has 0 saturated carbocycles. The van der Waals surface area contributed by atoms with Gasteiger partial charge in [-0.05, 0) is 23.6 Å². The van der Waals surface area contributed by atoms with Crippen molar-refractivity contribution in [2.24, 2.45) is 0 Å². The zero-order valence-electron chi connectivity index (χ0n) is 10.9. The van der Waals surface area contributed by atoms with Crippen LogP contribution in [0.2, 0.25) is 0 Å². The number of urea groups is 1. The van der Waals surface area contributed by atoms with Crippen molar-refractivity contribution in [1.82, 2.24) is 10.3 Å². The van der Waals surface area contributed by atoms with E-state index in [2.05, 4.69) is 15.6 Å². The maximum atomic E-state index is 11.6. The highest BCUT2D eigenvalue weighted by Crippen LogP contribution is 2.11. The average Bonchev–Trinajstić information content (AvgIpc) is 2.89. The number of anilines is 2. The van der Waals surface area contributed by atoms with E-state index in [0.29, 0.717) is 6.54 Å². The minimum Gasteiger partial charge on any atom is -0.363 e. The lowest BCUT2D eigenvalue weighted by Gasteiger charge is -2.12. The number of pyridine rings is 1. The molecule has 0 spiro atoms. The summed E-state index contributed by atoms with van der Waals surface area (Å²) in [6.45, 7) is 0.400. The van der Waals surface area contributed by atoms with Crippen LogP contribution in [0.5, 0.6) is 0 Å². The van der Waals surface area contributed by atoms with Gasteiger partial charge in [0.05, 0.1) is 17.9 Å². The van der Waals surface area contributed by atoms with Crippen LogP contribution in [-0.2, 0) is 6.54 Å². The van der Waals surface area contributed by atoms with Gasteiger partial charge in [-0.3, -0.25) is 0 Å². The van der Waals surface area contributed by atoms with Gasteiger partial charge in [-0.15, -0.1) is 0 Å². The average molecular weight is 276 g/mol. The summed E-state index contributed by atoms with van der Waals surface area (Å²) in [6.07, 6.45) is 0. The number of carbonyl (C=O) groups excluding carboxylic acids is 1. The molecule has 2 amide bonds. The lowest BCUT2D eigenvalue weighted by atomic mass is 10.3. The standard InChI is InChI=1S/C13H16N4OS/c1-17(2)12-5-3-4-10(15-12)8-14-13(18)16-11-6-7-19-9-11/h3-7,9H,8H2,1-2H3,(H2,14,16,18). The molecule has 2 aromatic heterocycles. The molecule has 0 unspecified atom stereocenters. The van der Waals surface area contributed by atoms with Gasteiger partial charge >= 0.3 is 6.03 Å². The molecular weight excluding hydrogens is 260 g/mol. The Bertz CT molecular complexity index is 539. The van der Waals surface area contributed by atoms with Crippen LogP contribution in [0.15, 0.2) is 35.0 Å². The summed E-state index contributed by atoms with van der Waals surface area (Å²) < 4.78 is 0. The molecule has 100 valence electrons. The number of hydrogen-bond donors (Lipinski definition) is 2. The number of amides is 2. The Labute approximate surface area is 116 Å². The molecule has 2 N–H and O–H groups in total. The molecule has 5 nitrogen and oxygen atoms in total. The third kappa shape index (κ3) is 3.96. The largest absolute Gasteiger partial charge is 0.363 e. The van der Waals surface area contributed by atoms with E-state index in [0.717, 1.165) is 17.2 Å². The summed E-state index contributed by atoms with van der Waals surface area (Å²) in [4.78, 5) is 18.0. The topological polar surface area (TPSA) is 57.3 Å². The number of nitrogens with one attached hydrogen (secondary N) is 2. The number of nitrogens with zero attached hydrogens (tertiary/aromatic N) is 2. The van der Waals surface area contributed by atoms with Crippen LogP contribution < -0.4 is 15.5 Å². The van der Waals surface area contributed by atoms with Crippen molar-refractivity contribution < 1.29 is 4.79 Å². The van der Waals surface area contributed by atoms with Gasteiger partial charge in [-0.25, -0.2) is 9.78 Å². The first-order chi connectivity index (χ1) is 9.15. The van der Waals surface area contributed by atoms with Gasteiger partial charge in [0.15, 0.2) is 0 Å². The van der Waals surface area contributed by atoms with Crippen LogP contribution in [-0.4, -0.2) is 25.1 Å². The second-order valence-corrected chi connectivity index (χ2v) is 4.98. The lowest BCUT2D eigenvalue weighted by molar-refractivity contribution is 0.251. The van der Waals surface area contributed by atoms with Gasteiger partial charge in [0, 0.05) is 19.5 Å². The number of thiophene rings is 1. The molecule has 2 rings (SSSR count). The van der Waals surface area contributed by atoms with Crippen molar-refractivity contribution in [2.45, 2.75) is 6.54 Å². The SMILES string of the molecule is CN(C)c1cccc(CNC(=O)Nc2ccsc2)n1. The van der Waals surface area contributed by atoms with Crippen molar-refractivity contribution in [2.75, 3.05) is 24.3 Å². The molecular formula is C13H16N4OS. The number of rotatable bonds is 4. The molecule has 0 aliphatic carbocycles. The fraction of sp³-hybridized carbons (Fsp3) is 0.231. The van der Waals surface area contributed by atoms with Crippen molar-refractivity contribution in [3.63, 3.8) is 0 Å². The highest BCUT2D eigenvalue weighted by Gasteiger charge is 2.03. The summed E-state index contributed by atoms with van der Waals surface area (Å²) in [7, 11) is 3.87. The minimum absolute atomic E-state index is 0.226. The molecule has 6 heteroatoms. The first-order valence-corrected chi connectivity index (χ1v) is 6.80. The molecule has 0 atom stereocenters. The highest BCUT2D eigenvalue weighted by atomic mass is 32.1. The van der Waals surface area contributed by atoms with E-state index >= 15 is 0 Å². The second kappa shape index (κ2) is 6.19. The van der Waals surface area contributed by atoms with E-state index in [1.807, 2.05) is 54.0 Å². The van der Waals surface area contributed by atoms with Crippen LogP contribution in [0.25, 0.3) is 0 Å². The lowest BCUT2D eigenvalue weighted by Crippen LogP contribution is -2.28. The van der Waals surface area contributed by atoms with Crippen molar-refractivity contribution >= 4 is 28.9 Å². The second-order valence-electron chi connectivity index (χ2n) is 4.20. The summed E-state index contributed by atoms with van der Waals surface area (Å²) in [6, 6.07) is 7.37. The summed E-state index contributed by atoms with van der Waals surface area (Å²) >= 11 is 1.54.